The third-order valence-corrected chi connectivity index (χ3v) is 6.22. The molecule has 0 aromatic carbocycles. The zero-order chi connectivity index (χ0) is 13.5. The molecule has 3 fully saturated rings. The highest BCUT2D eigenvalue weighted by atomic mass is 15.3. The molecule has 0 spiro atoms. The first-order chi connectivity index (χ1) is 9.17. The second kappa shape index (κ2) is 5.34. The van der Waals surface area contributed by atoms with Crippen molar-refractivity contribution in [2.45, 2.75) is 57.5 Å². The van der Waals surface area contributed by atoms with Crippen LogP contribution in [0.4, 0.5) is 0 Å². The Hall–Kier alpha value is -0.120. The molecule has 0 aliphatic carbocycles. The molecule has 3 atom stereocenters. The van der Waals surface area contributed by atoms with Gasteiger partial charge in [-0.05, 0) is 50.6 Å². The minimum atomic E-state index is 0.310. The van der Waals surface area contributed by atoms with E-state index in [1.807, 2.05) is 0 Å². The van der Waals surface area contributed by atoms with Crippen LogP contribution in [-0.2, 0) is 0 Å². The van der Waals surface area contributed by atoms with Crippen LogP contribution in [0.2, 0.25) is 0 Å². The average molecular weight is 265 g/mol. The molecule has 0 bridgehead atoms. The molecule has 19 heavy (non-hydrogen) atoms. The standard InChI is InChI=1S/C16H31N3/c1-13(2)14-6-9-19(11-14)16(12-17)7-10-18-8-4-3-5-15(16)18/h13-15H,3-12,17H2,1-2H3. The Balaban J connectivity index is 1.76. The van der Waals surface area contributed by atoms with Crippen LogP contribution in [0.25, 0.3) is 0 Å². The van der Waals surface area contributed by atoms with Crippen LogP contribution in [0, 0.1) is 11.8 Å². The van der Waals surface area contributed by atoms with Crippen LogP contribution >= 0.6 is 0 Å². The summed E-state index contributed by atoms with van der Waals surface area (Å²) in [5, 5.41) is 0. The predicted octanol–water partition coefficient (Wildman–Crippen LogP) is 1.92. The minimum absolute atomic E-state index is 0.310. The van der Waals surface area contributed by atoms with Gasteiger partial charge in [0, 0.05) is 31.2 Å². The fraction of sp³-hybridized carbons (Fsp3) is 1.00. The molecule has 0 aromatic rings. The number of piperidine rings is 1. The zero-order valence-corrected chi connectivity index (χ0v) is 12.8. The lowest BCUT2D eigenvalue weighted by Crippen LogP contribution is -2.61. The van der Waals surface area contributed by atoms with E-state index in [1.165, 1.54) is 58.3 Å². The van der Waals surface area contributed by atoms with Gasteiger partial charge < -0.3 is 5.73 Å². The summed E-state index contributed by atoms with van der Waals surface area (Å²) in [6, 6.07) is 0.747. The summed E-state index contributed by atoms with van der Waals surface area (Å²) in [5.74, 6) is 1.71. The second-order valence-corrected chi connectivity index (χ2v) is 7.34. The first-order valence-electron chi connectivity index (χ1n) is 8.36. The molecule has 0 radical (unpaired) electrons. The van der Waals surface area contributed by atoms with Crippen LogP contribution in [0.1, 0.15) is 46.0 Å². The molecule has 110 valence electrons. The lowest BCUT2D eigenvalue weighted by Gasteiger charge is -2.46. The largest absolute Gasteiger partial charge is 0.329 e. The summed E-state index contributed by atoms with van der Waals surface area (Å²) in [6.07, 6.45) is 6.86. The lowest BCUT2D eigenvalue weighted by molar-refractivity contribution is 0.0506. The third-order valence-electron chi connectivity index (χ3n) is 6.22. The molecule has 0 aromatic heterocycles. The number of hydrogen-bond donors (Lipinski definition) is 1. The SMILES string of the molecule is CC(C)C1CCN(C2(CN)CCN3CCCCC32)C1. The molecule has 0 amide bonds. The molecule has 3 unspecified atom stereocenters. The molecule has 3 heterocycles. The smallest absolute Gasteiger partial charge is 0.0498 e. The van der Waals surface area contributed by atoms with Gasteiger partial charge in [0.2, 0.25) is 0 Å². The van der Waals surface area contributed by atoms with Crippen molar-refractivity contribution in [3.05, 3.63) is 0 Å². The monoisotopic (exact) mass is 265 g/mol. The highest BCUT2D eigenvalue weighted by Crippen LogP contribution is 2.41. The highest BCUT2D eigenvalue weighted by molar-refractivity contribution is 5.10. The number of likely N-dealkylation sites (tertiary alicyclic amines) is 1. The van der Waals surface area contributed by atoms with Gasteiger partial charge >= 0.3 is 0 Å². The lowest BCUT2D eigenvalue weighted by atomic mass is 9.83. The Morgan fingerprint density at radius 3 is 2.68 bits per heavy atom. The van der Waals surface area contributed by atoms with Crippen molar-refractivity contribution < 1.29 is 0 Å². The number of rotatable bonds is 3. The maximum atomic E-state index is 6.31. The molecule has 3 aliphatic heterocycles. The van der Waals surface area contributed by atoms with Crippen molar-refractivity contribution in [1.29, 1.82) is 0 Å². The Morgan fingerprint density at radius 1 is 1.16 bits per heavy atom. The Kier molecular flexibility index (Phi) is 3.89. The van der Waals surface area contributed by atoms with Crippen LogP contribution in [-0.4, -0.2) is 54.1 Å². The summed E-state index contributed by atoms with van der Waals surface area (Å²) in [6.45, 7) is 10.8. The van der Waals surface area contributed by atoms with Crippen LogP contribution < -0.4 is 5.73 Å². The molecular weight excluding hydrogens is 234 g/mol. The quantitative estimate of drug-likeness (QED) is 0.846. The predicted molar refractivity (Wildman–Crippen MR) is 80.1 cm³/mol. The van der Waals surface area contributed by atoms with Gasteiger partial charge in [-0.15, -0.1) is 0 Å². The van der Waals surface area contributed by atoms with Crippen molar-refractivity contribution in [3.63, 3.8) is 0 Å². The molecule has 3 saturated heterocycles. The summed E-state index contributed by atoms with van der Waals surface area (Å²) in [5.41, 5.74) is 6.62. The van der Waals surface area contributed by atoms with Gasteiger partial charge in [-0.25, -0.2) is 0 Å². The summed E-state index contributed by atoms with van der Waals surface area (Å²) in [4.78, 5) is 5.52. The topological polar surface area (TPSA) is 32.5 Å². The van der Waals surface area contributed by atoms with Gasteiger partial charge in [0.1, 0.15) is 0 Å². The van der Waals surface area contributed by atoms with E-state index in [1.54, 1.807) is 0 Å². The van der Waals surface area contributed by atoms with Gasteiger partial charge in [-0.3, -0.25) is 9.80 Å². The van der Waals surface area contributed by atoms with E-state index >= 15 is 0 Å². The van der Waals surface area contributed by atoms with E-state index < -0.39 is 0 Å². The zero-order valence-electron chi connectivity index (χ0n) is 12.8. The molecular formula is C16H31N3. The number of nitrogens with zero attached hydrogens (tertiary/aromatic N) is 2. The molecule has 3 aliphatic rings. The van der Waals surface area contributed by atoms with Gasteiger partial charge in [0.15, 0.2) is 0 Å². The third kappa shape index (κ3) is 2.24. The molecule has 2 N–H and O–H groups in total. The molecule has 3 nitrogen and oxygen atoms in total. The molecule has 3 heteroatoms. The minimum Gasteiger partial charge on any atom is -0.329 e. The summed E-state index contributed by atoms with van der Waals surface area (Å²) in [7, 11) is 0. The fourth-order valence-electron chi connectivity index (χ4n) is 4.84. The molecule has 3 rings (SSSR count). The maximum Gasteiger partial charge on any atom is 0.0498 e. The van der Waals surface area contributed by atoms with E-state index in [2.05, 4.69) is 23.6 Å². The fourth-order valence-corrected chi connectivity index (χ4v) is 4.84. The van der Waals surface area contributed by atoms with E-state index in [9.17, 15) is 0 Å². The number of hydrogen-bond acceptors (Lipinski definition) is 3. The van der Waals surface area contributed by atoms with Gasteiger partial charge in [-0.1, -0.05) is 20.3 Å². The van der Waals surface area contributed by atoms with Gasteiger partial charge in [0.25, 0.3) is 0 Å². The normalized spacial score (nSPS) is 41.1. The van der Waals surface area contributed by atoms with Crippen molar-refractivity contribution in [1.82, 2.24) is 9.80 Å². The summed E-state index contributed by atoms with van der Waals surface area (Å²) >= 11 is 0. The number of fused-ring (bicyclic) bond motifs is 1. The second-order valence-electron chi connectivity index (χ2n) is 7.34. The summed E-state index contributed by atoms with van der Waals surface area (Å²) < 4.78 is 0. The van der Waals surface area contributed by atoms with Crippen molar-refractivity contribution in [3.8, 4) is 0 Å². The van der Waals surface area contributed by atoms with Crippen molar-refractivity contribution >= 4 is 0 Å². The Bertz CT molecular complexity index is 317. The van der Waals surface area contributed by atoms with Gasteiger partial charge in [0.05, 0.1) is 0 Å². The highest BCUT2D eigenvalue weighted by Gasteiger charge is 2.52. The van der Waals surface area contributed by atoms with E-state index in [4.69, 9.17) is 5.73 Å². The average Bonchev–Trinajstić information content (AvgIpc) is 3.04. The first kappa shape index (κ1) is 13.8. The van der Waals surface area contributed by atoms with Crippen molar-refractivity contribution in [2.24, 2.45) is 17.6 Å². The van der Waals surface area contributed by atoms with E-state index in [-0.39, 0.29) is 0 Å². The van der Waals surface area contributed by atoms with Crippen molar-refractivity contribution in [2.75, 3.05) is 32.7 Å². The molecule has 0 saturated carbocycles. The Morgan fingerprint density at radius 2 is 2.00 bits per heavy atom. The maximum absolute atomic E-state index is 6.31. The first-order valence-corrected chi connectivity index (χ1v) is 8.36. The van der Waals surface area contributed by atoms with Crippen LogP contribution in [0.5, 0.6) is 0 Å². The van der Waals surface area contributed by atoms with Crippen LogP contribution in [0.15, 0.2) is 0 Å². The van der Waals surface area contributed by atoms with E-state index in [0.717, 1.165) is 24.4 Å². The van der Waals surface area contributed by atoms with Gasteiger partial charge in [-0.2, -0.15) is 0 Å². The van der Waals surface area contributed by atoms with Crippen LogP contribution in [0.3, 0.4) is 0 Å². The van der Waals surface area contributed by atoms with E-state index in [0.29, 0.717) is 5.54 Å². The number of nitrogens with two attached hydrogens (primary N) is 1. The Labute approximate surface area is 118 Å².